The molecule has 4 rings (SSSR count). The fraction of sp³-hybridized carbons (Fsp3) is 0.222. The Bertz CT molecular complexity index is 1240. The SMILES string of the molecule is CCCOc1ccc(/C(O)=C2/C(=O)C(=O)N(Cc3cccnc3)C2c2ccc(Br)cc2)c(C)c1. The molecule has 0 bridgehead atoms. The van der Waals surface area contributed by atoms with E-state index in [1.165, 1.54) is 4.90 Å². The third-order valence-electron chi connectivity index (χ3n) is 5.73. The molecule has 174 valence electrons. The lowest BCUT2D eigenvalue weighted by Gasteiger charge is -2.25. The average Bonchev–Trinajstić information content (AvgIpc) is 3.08. The number of likely N-dealkylation sites (tertiary alicyclic amines) is 1. The molecule has 1 saturated heterocycles. The quantitative estimate of drug-likeness (QED) is 0.250. The molecule has 6 nitrogen and oxygen atoms in total. The van der Waals surface area contributed by atoms with Gasteiger partial charge in [0.2, 0.25) is 0 Å². The predicted molar refractivity (Wildman–Crippen MR) is 133 cm³/mol. The van der Waals surface area contributed by atoms with E-state index in [1.54, 1.807) is 30.6 Å². The fourth-order valence-corrected chi connectivity index (χ4v) is 4.34. The lowest BCUT2D eigenvalue weighted by Crippen LogP contribution is -2.29. The van der Waals surface area contributed by atoms with Gasteiger partial charge in [0.25, 0.3) is 11.7 Å². The van der Waals surface area contributed by atoms with Crippen LogP contribution < -0.4 is 4.74 Å². The highest BCUT2D eigenvalue weighted by Crippen LogP contribution is 2.41. The third-order valence-corrected chi connectivity index (χ3v) is 6.26. The Morgan fingerprint density at radius 3 is 2.56 bits per heavy atom. The number of pyridine rings is 1. The molecule has 1 unspecified atom stereocenters. The van der Waals surface area contributed by atoms with Crippen LogP contribution in [0, 0.1) is 6.92 Å². The van der Waals surface area contributed by atoms with Crippen LogP contribution in [0.3, 0.4) is 0 Å². The summed E-state index contributed by atoms with van der Waals surface area (Å²) >= 11 is 3.43. The van der Waals surface area contributed by atoms with Gasteiger partial charge in [-0.3, -0.25) is 14.6 Å². The number of amides is 1. The molecule has 1 N–H and O–H groups in total. The van der Waals surface area contributed by atoms with Crippen LogP contribution in [-0.4, -0.2) is 33.3 Å². The summed E-state index contributed by atoms with van der Waals surface area (Å²) in [5.74, 6) is -0.865. The molecule has 7 heteroatoms. The smallest absolute Gasteiger partial charge is 0.295 e. The number of hydrogen-bond acceptors (Lipinski definition) is 5. The van der Waals surface area contributed by atoms with E-state index in [9.17, 15) is 14.7 Å². The lowest BCUT2D eigenvalue weighted by atomic mass is 9.94. The standard InChI is InChI=1S/C27H25BrN2O4/c1-3-13-34-21-10-11-22(17(2)14-21)25(31)23-24(19-6-8-20(28)9-7-19)30(27(33)26(23)32)16-18-5-4-12-29-15-18/h4-12,14-15,24,31H,3,13,16H2,1-2H3/b25-23-. The Balaban J connectivity index is 1.82. The highest BCUT2D eigenvalue weighted by Gasteiger charge is 2.46. The number of carbonyl (C=O) groups excluding carboxylic acids is 2. The highest BCUT2D eigenvalue weighted by molar-refractivity contribution is 9.10. The number of nitrogens with zero attached hydrogens (tertiary/aromatic N) is 2. The van der Waals surface area contributed by atoms with Gasteiger partial charge in [0, 0.05) is 29.0 Å². The van der Waals surface area contributed by atoms with E-state index in [4.69, 9.17) is 4.74 Å². The van der Waals surface area contributed by atoms with Crippen LogP contribution in [0.4, 0.5) is 0 Å². The Hall–Kier alpha value is -3.45. The second-order valence-corrected chi connectivity index (χ2v) is 9.08. The summed E-state index contributed by atoms with van der Waals surface area (Å²) in [6, 6.07) is 15.6. The summed E-state index contributed by atoms with van der Waals surface area (Å²) in [5, 5.41) is 11.3. The van der Waals surface area contributed by atoms with Crippen molar-refractivity contribution in [3.8, 4) is 5.75 Å². The van der Waals surface area contributed by atoms with Crippen LogP contribution in [0.25, 0.3) is 5.76 Å². The summed E-state index contributed by atoms with van der Waals surface area (Å²) in [6.07, 6.45) is 4.20. The molecule has 0 spiro atoms. The van der Waals surface area contributed by atoms with Crippen molar-refractivity contribution in [3.63, 3.8) is 0 Å². The molecule has 1 aliphatic heterocycles. The third kappa shape index (κ3) is 4.75. The van der Waals surface area contributed by atoms with Gasteiger partial charge < -0.3 is 14.7 Å². The predicted octanol–water partition coefficient (Wildman–Crippen LogP) is 5.56. The van der Waals surface area contributed by atoms with Gasteiger partial charge in [0.1, 0.15) is 11.5 Å². The molecule has 2 heterocycles. The van der Waals surface area contributed by atoms with Crippen LogP contribution in [0.15, 0.2) is 77.0 Å². The lowest BCUT2D eigenvalue weighted by molar-refractivity contribution is -0.140. The Morgan fingerprint density at radius 2 is 1.91 bits per heavy atom. The number of aliphatic hydroxyl groups excluding tert-OH is 1. The first-order chi connectivity index (χ1) is 16.4. The summed E-state index contributed by atoms with van der Waals surface area (Å²) < 4.78 is 6.56. The second-order valence-electron chi connectivity index (χ2n) is 8.17. The van der Waals surface area contributed by atoms with E-state index in [0.29, 0.717) is 17.9 Å². The number of Topliss-reactive ketones (excluding diaryl/α,β-unsaturated/α-hetero) is 1. The molecule has 0 radical (unpaired) electrons. The van der Waals surface area contributed by atoms with Crippen LogP contribution in [-0.2, 0) is 16.1 Å². The van der Waals surface area contributed by atoms with Crippen LogP contribution in [0.5, 0.6) is 5.75 Å². The summed E-state index contributed by atoms with van der Waals surface area (Å²) in [6.45, 7) is 4.65. The molecule has 34 heavy (non-hydrogen) atoms. The van der Waals surface area contributed by atoms with Gasteiger partial charge in [0.05, 0.1) is 18.2 Å². The number of ketones is 1. The van der Waals surface area contributed by atoms with E-state index < -0.39 is 17.7 Å². The zero-order chi connectivity index (χ0) is 24.2. The van der Waals surface area contributed by atoms with Gasteiger partial charge in [-0.2, -0.15) is 0 Å². The minimum atomic E-state index is -0.733. The van der Waals surface area contributed by atoms with Gasteiger partial charge in [-0.25, -0.2) is 0 Å². The maximum Gasteiger partial charge on any atom is 0.295 e. The topological polar surface area (TPSA) is 79.7 Å². The minimum Gasteiger partial charge on any atom is -0.507 e. The van der Waals surface area contributed by atoms with E-state index in [2.05, 4.69) is 20.9 Å². The van der Waals surface area contributed by atoms with E-state index in [0.717, 1.165) is 27.6 Å². The van der Waals surface area contributed by atoms with Crippen molar-refractivity contribution in [1.82, 2.24) is 9.88 Å². The monoisotopic (exact) mass is 520 g/mol. The van der Waals surface area contributed by atoms with Gasteiger partial charge in [0.15, 0.2) is 0 Å². The maximum atomic E-state index is 13.2. The second kappa shape index (κ2) is 10.2. The number of rotatable bonds is 7. The molecular weight excluding hydrogens is 496 g/mol. The number of aromatic nitrogens is 1. The fourth-order valence-electron chi connectivity index (χ4n) is 4.08. The molecule has 3 aromatic rings. The van der Waals surface area contributed by atoms with Crippen molar-refractivity contribution in [2.75, 3.05) is 6.61 Å². The van der Waals surface area contributed by atoms with Crippen LogP contribution in [0.1, 0.15) is 41.6 Å². The molecule has 1 atom stereocenters. The summed E-state index contributed by atoms with van der Waals surface area (Å²) in [7, 11) is 0. The number of halogens is 1. The Labute approximate surface area is 207 Å². The van der Waals surface area contributed by atoms with Crippen molar-refractivity contribution in [1.29, 1.82) is 0 Å². The number of carbonyl (C=O) groups is 2. The van der Waals surface area contributed by atoms with Gasteiger partial charge in [-0.05, 0) is 66.4 Å². The minimum absolute atomic E-state index is 0.0709. The van der Waals surface area contributed by atoms with Crippen molar-refractivity contribution < 1.29 is 19.4 Å². The molecule has 1 aliphatic rings. The first-order valence-electron chi connectivity index (χ1n) is 11.1. The van der Waals surface area contributed by atoms with E-state index in [1.807, 2.05) is 50.2 Å². The Morgan fingerprint density at radius 1 is 1.15 bits per heavy atom. The molecular formula is C27H25BrN2O4. The first-order valence-corrected chi connectivity index (χ1v) is 11.9. The number of ether oxygens (including phenoxy) is 1. The molecule has 2 aromatic carbocycles. The highest BCUT2D eigenvalue weighted by atomic mass is 79.9. The molecule has 1 fully saturated rings. The molecule has 0 saturated carbocycles. The Kier molecular flexibility index (Phi) is 7.12. The number of hydrogen-bond donors (Lipinski definition) is 1. The van der Waals surface area contributed by atoms with Crippen LogP contribution in [0.2, 0.25) is 0 Å². The normalized spacial score (nSPS) is 17.3. The molecule has 1 aromatic heterocycles. The van der Waals surface area contributed by atoms with Gasteiger partial charge in [-0.15, -0.1) is 0 Å². The van der Waals surface area contributed by atoms with Crippen molar-refractivity contribution in [2.45, 2.75) is 32.9 Å². The average molecular weight is 521 g/mol. The maximum absolute atomic E-state index is 13.2. The summed E-state index contributed by atoms with van der Waals surface area (Å²) in [5.41, 5.74) is 2.83. The molecule has 1 amide bonds. The van der Waals surface area contributed by atoms with E-state index in [-0.39, 0.29) is 17.9 Å². The van der Waals surface area contributed by atoms with Crippen molar-refractivity contribution >= 4 is 33.4 Å². The first kappa shape index (κ1) is 23.7. The molecule has 0 aliphatic carbocycles. The zero-order valence-corrected chi connectivity index (χ0v) is 20.6. The summed E-state index contributed by atoms with van der Waals surface area (Å²) in [4.78, 5) is 32.0. The van der Waals surface area contributed by atoms with Crippen LogP contribution >= 0.6 is 15.9 Å². The number of aliphatic hydroxyl groups is 1. The largest absolute Gasteiger partial charge is 0.507 e. The van der Waals surface area contributed by atoms with Gasteiger partial charge in [-0.1, -0.05) is 41.1 Å². The van der Waals surface area contributed by atoms with Gasteiger partial charge >= 0.3 is 0 Å². The van der Waals surface area contributed by atoms with Crippen molar-refractivity contribution in [3.05, 3.63) is 99.3 Å². The number of aryl methyl sites for hydroxylation is 1. The van der Waals surface area contributed by atoms with E-state index >= 15 is 0 Å². The van der Waals surface area contributed by atoms with Crippen molar-refractivity contribution in [2.24, 2.45) is 0 Å². The zero-order valence-electron chi connectivity index (χ0n) is 19.0. The number of benzene rings is 2.